The second-order valence-electron chi connectivity index (χ2n) is 3.75. The zero-order valence-electron chi connectivity index (χ0n) is 9.26. The number of hydrogen-bond donors (Lipinski definition) is 0. The first kappa shape index (κ1) is 12.0. The van der Waals surface area contributed by atoms with Gasteiger partial charge in [0.25, 0.3) is 0 Å². The van der Waals surface area contributed by atoms with Gasteiger partial charge in [0.05, 0.1) is 0 Å². The first-order valence-corrected chi connectivity index (χ1v) is 7.51. The molecule has 0 saturated carbocycles. The van der Waals surface area contributed by atoms with Gasteiger partial charge >= 0.3 is 126 Å². The van der Waals surface area contributed by atoms with E-state index in [9.17, 15) is 0 Å². The summed E-state index contributed by atoms with van der Waals surface area (Å²) in [7, 11) is 0. The van der Waals surface area contributed by atoms with Crippen molar-refractivity contribution in [2.45, 2.75) is 0 Å². The van der Waals surface area contributed by atoms with E-state index in [0.29, 0.717) is 42.9 Å². The number of fused-ring (bicyclic) bond motifs is 2. The van der Waals surface area contributed by atoms with Crippen LogP contribution in [0.25, 0.3) is 0 Å². The number of hydrogen-bond acceptors (Lipinski definition) is 3. The SMILES string of the molecule is ClC1=Nc2ccccc2Oc2ccc([O][Tl])cc21. The molecule has 0 radical (unpaired) electrons. The Morgan fingerprint density at radius 3 is 2.78 bits per heavy atom. The average molecular weight is 449 g/mol. The van der Waals surface area contributed by atoms with E-state index in [0.717, 1.165) is 17.0 Å². The van der Waals surface area contributed by atoms with Gasteiger partial charge in [-0.15, -0.1) is 0 Å². The quantitative estimate of drug-likeness (QED) is 0.624. The van der Waals surface area contributed by atoms with Gasteiger partial charge in [0, 0.05) is 0 Å². The van der Waals surface area contributed by atoms with Crippen molar-refractivity contribution in [3.8, 4) is 17.2 Å². The Hall–Kier alpha value is -1.08. The number of para-hydroxylation sites is 2. The number of benzene rings is 2. The van der Waals surface area contributed by atoms with Gasteiger partial charge in [0.2, 0.25) is 0 Å². The molecular weight excluding hydrogens is 442 g/mol. The van der Waals surface area contributed by atoms with E-state index >= 15 is 0 Å². The van der Waals surface area contributed by atoms with Gasteiger partial charge in [-0.3, -0.25) is 0 Å². The van der Waals surface area contributed by atoms with E-state index in [1.54, 1.807) is 0 Å². The van der Waals surface area contributed by atoms with Crippen LogP contribution in [0.2, 0.25) is 0 Å². The standard InChI is InChI=1S/C13H8ClNO2.Tl/c14-13-9-7-8(16)5-6-11(9)17-12-4-2-1-3-10(12)15-13;/h1-7,16H;/q;+1/p-1. The summed E-state index contributed by atoms with van der Waals surface area (Å²) in [5.41, 5.74) is 1.49. The summed E-state index contributed by atoms with van der Waals surface area (Å²) in [5.74, 6) is 2.19. The van der Waals surface area contributed by atoms with Crippen molar-refractivity contribution < 1.29 is 7.42 Å². The van der Waals surface area contributed by atoms with Crippen molar-refractivity contribution in [1.82, 2.24) is 0 Å². The van der Waals surface area contributed by atoms with Crippen molar-refractivity contribution in [2.24, 2.45) is 4.99 Å². The van der Waals surface area contributed by atoms with Gasteiger partial charge in [-0.2, -0.15) is 0 Å². The summed E-state index contributed by atoms with van der Waals surface area (Å²) in [6.07, 6.45) is 0. The zero-order valence-corrected chi connectivity index (χ0v) is 14.5. The van der Waals surface area contributed by atoms with Crippen LogP contribution in [0.3, 0.4) is 0 Å². The van der Waals surface area contributed by atoms with Gasteiger partial charge in [-0.05, 0) is 0 Å². The molecule has 5 heteroatoms. The Morgan fingerprint density at radius 1 is 1.11 bits per heavy atom. The van der Waals surface area contributed by atoms with Crippen molar-refractivity contribution in [1.29, 1.82) is 0 Å². The van der Waals surface area contributed by atoms with Gasteiger partial charge in [0.1, 0.15) is 0 Å². The van der Waals surface area contributed by atoms with E-state index in [1.807, 2.05) is 42.5 Å². The fourth-order valence-corrected chi connectivity index (χ4v) is 2.56. The van der Waals surface area contributed by atoms with Crippen LogP contribution in [0, 0.1) is 0 Å². The summed E-state index contributed by atoms with van der Waals surface area (Å²) < 4.78 is 11.2. The predicted octanol–water partition coefficient (Wildman–Crippen LogP) is 3.57. The van der Waals surface area contributed by atoms with Gasteiger partial charge in [-0.1, -0.05) is 0 Å². The minimum atomic E-state index is 0.416. The maximum atomic E-state index is 6.24. The second-order valence-corrected chi connectivity index (χ2v) is 5.02. The Kier molecular flexibility index (Phi) is 3.26. The zero-order chi connectivity index (χ0) is 12.5. The van der Waals surface area contributed by atoms with E-state index in [2.05, 4.69) is 4.99 Å². The summed E-state index contributed by atoms with van der Waals surface area (Å²) in [6.45, 7) is 0. The van der Waals surface area contributed by atoms with E-state index in [4.69, 9.17) is 19.0 Å². The molecule has 3 rings (SSSR count). The van der Waals surface area contributed by atoms with Crippen LogP contribution in [-0.4, -0.2) is 31.4 Å². The number of rotatable bonds is 1. The van der Waals surface area contributed by atoms with Crippen LogP contribution in [0.15, 0.2) is 47.5 Å². The molecule has 0 fully saturated rings. The number of aliphatic imine (C=N–C) groups is 1. The van der Waals surface area contributed by atoms with Crippen molar-refractivity contribution in [3.05, 3.63) is 48.0 Å². The normalized spacial score (nSPS) is 12.6. The minimum absolute atomic E-state index is 0.416. The van der Waals surface area contributed by atoms with Crippen LogP contribution in [0.5, 0.6) is 17.2 Å². The first-order valence-electron chi connectivity index (χ1n) is 5.30. The summed E-state index contributed by atoms with van der Waals surface area (Å²) in [6, 6.07) is 13.1. The molecule has 2 aromatic carbocycles. The molecule has 0 aliphatic carbocycles. The maximum absolute atomic E-state index is 6.24. The molecule has 2 aromatic rings. The van der Waals surface area contributed by atoms with Gasteiger partial charge in [-0.25, -0.2) is 0 Å². The second kappa shape index (κ2) is 4.89. The summed E-state index contributed by atoms with van der Waals surface area (Å²) in [5, 5.41) is 0.416. The number of ether oxygens (including phenoxy) is 1. The summed E-state index contributed by atoms with van der Waals surface area (Å²) >= 11 is 6.67. The molecule has 0 unspecified atom stereocenters. The molecule has 0 N–H and O–H groups in total. The molecule has 1 aliphatic heterocycles. The van der Waals surface area contributed by atoms with Crippen LogP contribution in [0.4, 0.5) is 5.69 Å². The summed E-state index contributed by atoms with van der Waals surface area (Å²) in [4.78, 5) is 4.37. The van der Waals surface area contributed by atoms with Crippen molar-refractivity contribution in [3.63, 3.8) is 0 Å². The molecule has 0 amide bonds. The molecule has 18 heavy (non-hydrogen) atoms. The van der Waals surface area contributed by atoms with Crippen LogP contribution < -0.4 is 7.42 Å². The fourth-order valence-electron chi connectivity index (χ4n) is 1.75. The molecule has 0 spiro atoms. The van der Waals surface area contributed by atoms with Gasteiger partial charge in [0.15, 0.2) is 0 Å². The number of halogens is 1. The predicted molar refractivity (Wildman–Crippen MR) is 71.4 cm³/mol. The van der Waals surface area contributed by atoms with Crippen molar-refractivity contribution in [2.75, 3.05) is 0 Å². The molecular formula is C13H7ClNO2Tl. The molecule has 1 heterocycles. The molecule has 1 aliphatic rings. The van der Waals surface area contributed by atoms with Crippen LogP contribution >= 0.6 is 11.6 Å². The Bertz CT molecular complexity index is 643. The number of nitrogens with zero attached hydrogens (tertiary/aromatic N) is 1. The topological polar surface area (TPSA) is 30.8 Å². The molecule has 86 valence electrons. The third kappa shape index (κ3) is 2.12. The average Bonchev–Trinajstić information content (AvgIpc) is 2.54. The molecule has 0 aromatic heterocycles. The monoisotopic (exact) mass is 449 g/mol. The Balaban J connectivity index is 2.19. The van der Waals surface area contributed by atoms with E-state index in [-0.39, 0.29) is 0 Å². The van der Waals surface area contributed by atoms with E-state index in [1.165, 1.54) is 0 Å². The molecule has 3 nitrogen and oxygen atoms in total. The molecule has 0 bridgehead atoms. The fraction of sp³-hybridized carbons (Fsp3) is 0. The van der Waals surface area contributed by atoms with Crippen LogP contribution in [0.1, 0.15) is 5.56 Å². The first-order chi connectivity index (χ1) is 8.78. The van der Waals surface area contributed by atoms with Crippen LogP contribution in [-0.2, 0) is 0 Å². The Morgan fingerprint density at radius 2 is 1.94 bits per heavy atom. The van der Waals surface area contributed by atoms with Crippen molar-refractivity contribution >= 4 is 48.7 Å². The third-order valence-electron chi connectivity index (χ3n) is 2.61. The molecule has 0 atom stereocenters. The van der Waals surface area contributed by atoms with E-state index < -0.39 is 0 Å². The molecule has 0 saturated heterocycles. The third-order valence-corrected chi connectivity index (χ3v) is 3.96. The Labute approximate surface area is 126 Å². The van der Waals surface area contributed by atoms with Gasteiger partial charge < -0.3 is 0 Å².